The highest BCUT2D eigenvalue weighted by Gasteiger charge is 2.51. The zero-order valence-electron chi connectivity index (χ0n) is 15.0. The summed E-state index contributed by atoms with van der Waals surface area (Å²) in [6.07, 6.45) is 1.90. The summed E-state index contributed by atoms with van der Waals surface area (Å²) in [5.74, 6) is 0. The van der Waals surface area contributed by atoms with E-state index >= 15 is 0 Å². The van der Waals surface area contributed by atoms with Crippen LogP contribution in [0, 0.1) is 0 Å². The third kappa shape index (κ3) is 3.03. The zero-order valence-corrected chi connectivity index (χ0v) is 15.0. The lowest BCUT2D eigenvalue weighted by atomic mass is 9.79. The quantitative estimate of drug-likeness (QED) is 0.808. The van der Waals surface area contributed by atoms with Gasteiger partial charge in [0.2, 0.25) is 0 Å². The number of fused-ring (bicyclic) bond motifs is 1. The van der Waals surface area contributed by atoms with E-state index in [4.69, 9.17) is 9.31 Å². The van der Waals surface area contributed by atoms with E-state index in [1.54, 1.807) is 0 Å². The van der Waals surface area contributed by atoms with Gasteiger partial charge < -0.3 is 18.8 Å². The van der Waals surface area contributed by atoms with Crippen LogP contribution in [0.25, 0.3) is 11.0 Å². The fourth-order valence-electron chi connectivity index (χ4n) is 2.69. The number of imidazole rings is 1. The van der Waals surface area contributed by atoms with Crippen molar-refractivity contribution in [2.45, 2.75) is 45.4 Å². The molecule has 1 aromatic carbocycles. The van der Waals surface area contributed by atoms with Crippen molar-refractivity contribution < 1.29 is 9.31 Å². The van der Waals surface area contributed by atoms with Crippen molar-refractivity contribution in [3.8, 4) is 0 Å². The molecule has 0 radical (unpaired) electrons. The van der Waals surface area contributed by atoms with Crippen LogP contribution in [-0.2, 0) is 15.9 Å². The molecular formula is C17H26BN3O2. The molecule has 6 heteroatoms. The second-order valence-electron chi connectivity index (χ2n) is 7.58. The molecule has 1 aliphatic heterocycles. The largest absolute Gasteiger partial charge is 0.494 e. The van der Waals surface area contributed by atoms with Crippen LogP contribution >= 0.6 is 0 Å². The van der Waals surface area contributed by atoms with E-state index < -0.39 is 0 Å². The van der Waals surface area contributed by atoms with E-state index in [1.807, 2.05) is 18.5 Å². The Labute approximate surface area is 138 Å². The molecule has 5 nitrogen and oxygen atoms in total. The molecule has 0 aliphatic carbocycles. The monoisotopic (exact) mass is 315 g/mol. The molecule has 2 aromatic rings. The first-order valence-electron chi connectivity index (χ1n) is 8.15. The Hall–Kier alpha value is -1.37. The van der Waals surface area contributed by atoms with Crippen LogP contribution in [-0.4, -0.2) is 53.4 Å². The van der Waals surface area contributed by atoms with E-state index in [1.165, 1.54) is 0 Å². The van der Waals surface area contributed by atoms with Crippen molar-refractivity contribution in [1.29, 1.82) is 0 Å². The smallest absolute Gasteiger partial charge is 0.399 e. The molecule has 0 unspecified atom stereocenters. The number of likely N-dealkylation sites (N-methyl/N-ethyl adjacent to an activating group) is 1. The molecule has 0 spiro atoms. The summed E-state index contributed by atoms with van der Waals surface area (Å²) in [5, 5.41) is 0. The van der Waals surface area contributed by atoms with Gasteiger partial charge >= 0.3 is 7.12 Å². The summed E-state index contributed by atoms with van der Waals surface area (Å²) < 4.78 is 14.5. The van der Waals surface area contributed by atoms with Crippen molar-refractivity contribution in [2.24, 2.45) is 0 Å². The van der Waals surface area contributed by atoms with Gasteiger partial charge in [-0.15, -0.1) is 0 Å². The lowest BCUT2D eigenvalue weighted by Gasteiger charge is -2.32. The average molecular weight is 315 g/mol. The molecule has 0 amide bonds. The molecule has 0 atom stereocenters. The highest BCUT2D eigenvalue weighted by atomic mass is 16.7. The maximum absolute atomic E-state index is 6.15. The molecule has 23 heavy (non-hydrogen) atoms. The van der Waals surface area contributed by atoms with E-state index in [0.29, 0.717) is 0 Å². The highest BCUT2D eigenvalue weighted by molar-refractivity contribution is 6.62. The molecule has 2 heterocycles. The Balaban J connectivity index is 1.90. The van der Waals surface area contributed by atoms with Crippen molar-refractivity contribution >= 4 is 23.6 Å². The molecule has 1 aliphatic rings. The predicted octanol–water partition coefficient (Wildman–Crippen LogP) is 1.90. The lowest BCUT2D eigenvalue weighted by molar-refractivity contribution is 0.00578. The minimum absolute atomic E-state index is 0.322. The summed E-state index contributed by atoms with van der Waals surface area (Å²) in [6, 6.07) is 6.23. The minimum atomic E-state index is -0.332. The van der Waals surface area contributed by atoms with Gasteiger partial charge in [-0.05, 0) is 59.4 Å². The van der Waals surface area contributed by atoms with Crippen molar-refractivity contribution in [2.75, 3.05) is 20.6 Å². The predicted molar refractivity (Wildman–Crippen MR) is 94.0 cm³/mol. The summed E-state index contributed by atoms with van der Waals surface area (Å²) >= 11 is 0. The summed E-state index contributed by atoms with van der Waals surface area (Å²) in [4.78, 5) is 6.65. The standard InChI is InChI=1S/C17H26BN3O2/c1-16(2)17(3,4)23-18(22-16)13-7-8-14-15(11-13)21(12-19-14)10-9-20(5)6/h7-8,11-12H,9-10H2,1-6H3. The molecule has 1 fully saturated rings. The Bertz CT molecular complexity index is 693. The van der Waals surface area contributed by atoms with Crippen LogP contribution in [0.4, 0.5) is 0 Å². The van der Waals surface area contributed by atoms with Gasteiger partial charge in [0.15, 0.2) is 0 Å². The SMILES string of the molecule is CN(C)CCn1cnc2ccc(B3OC(C)(C)C(C)(C)O3)cc21. The number of hydrogen-bond donors (Lipinski definition) is 0. The van der Waals surface area contributed by atoms with E-state index in [-0.39, 0.29) is 18.3 Å². The molecule has 1 aromatic heterocycles. The fraction of sp³-hybridized carbons (Fsp3) is 0.588. The van der Waals surface area contributed by atoms with Gasteiger partial charge in [0.1, 0.15) is 0 Å². The zero-order chi connectivity index (χ0) is 16.8. The van der Waals surface area contributed by atoms with Gasteiger partial charge in [0.05, 0.1) is 28.6 Å². The van der Waals surface area contributed by atoms with Gasteiger partial charge in [0, 0.05) is 13.1 Å². The Morgan fingerprint density at radius 2 is 1.78 bits per heavy atom. The van der Waals surface area contributed by atoms with Crippen LogP contribution in [0.5, 0.6) is 0 Å². The first kappa shape index (κ1) is 16.5. The molecule has 0 bridgehead atoms. The lowest BCUT2D eigenvalue weighted by Crippen LogP contribution is -2.41. The summed E-state index contributed by atoms with van der Waals surface area (Å²) in [5.41, 5.74) is 2.53. The van der Waals surface area contributed by atoms with Crippen LogP contribution in [0.2, 0.25) is 0 Å². The maximum Gasteiger partial charge on any atom is 0.494 e. The molecule has 0 N–H and O–H groups in total. The number of nitrogens with zero attached hydrogens (tertiary/aromatic N) is 3. The van der Waals surface area contributed by atoms with Crippen molar-refractivity contribution in [3.05, 3.63) is 24.5 Å². The van der Waals surface area contributed by atoms with Gasteiger partial charge in [-0.3, -0.25) is 0 Å². The first-order valence-corrected chi connectivity index (χ1v) is 8.15. The molecule has 124 valence electrons. The molecule has 3 rings (SSSR count). The van der Waals surface area contributed by atoms with E-state index in [0.717, 1.165) is 29.6 Å². The van der Waals surface area contributed by atoms with Crippen LogP contribution in [0.1, 0.15) is 27.7 Å². The van der Waals surface area contributed by atoms with Crippen LogP contribution < -0.4 is 5.46 Å². The third-order valence-electron chi connectivity index (χ3n) is 4.96. The van der Waals surface area contributed by atoms with Crippen LogP contribution in [0.15, 0.2) is 24.5 Å². The summed E-state index contributed by atoms with van der Waals surface area (Å²) in [6.45, 7) is 10.2. The van der Waals surface area contributed by atoms with E-state index in [2.05, 4.69) is 62.3 Å². The Kier molecular flexibility index (Phi) is 4.03. The van der Waals surface area contributed by atoms with Gasteiger partial charge in [0.25, 0.3) is 0 Å². The Morgan fingerprint density at radius 3 is 2.39 bits per heavy atom. The highest BCUT2D eigenvalue weighted by Crippen LogP contribution is 2.36. The third-order valence-corrected chi connectivity index (χ3v) is 4.96. The van der Waals surface area contributed by atoms with Gasteiger partial charge in [-0.25, -0.2) is 4.98 Å². The van der Waals surface area contributed by atoms with Gasteiger partial charge in [-0.1, -0.05) is 6.07 Å². The number of benzene rings is 1. The molecule has 1 saturated heterocycles. The molecular weight excluding hydrogens is 289 g/mol. The van der Waals surface area contributed by atoms with Gasteiger partial charge in [-0.2, -0.15) is 0 Å². The summed E-state index contributed by atoms with van der Waals surface area (Å²) in [7, 11) is 3.82. The number of rotatable bonds is 4. The average Bonchev–Trinajstić information content (AvgIpc) is 2.94. The van der Waals surface area contributed by atoms with Crippen LogP contribution in [0.3, 0.4) is 0 Å². The normalized spacial score (nSPS) is 19.9. The number of hydrogen-bond acceptors (Lipinski definition) is 4. The Morgan fingerprint density at radius 1 is 1.13 bits per heavy atom. The molecule has 0 saturated carbocycles. The number of aromatic nitrogens is 2. The van der Waals surface area contributed by atoms with Crippen molar-refractivity contribution in [1.82, 2.24) is 14.5 Å². The minimum Gasteiger partial charge on any atom is -0.399 e. The maximum atomic E-state index is 6.15. The first-order chi connectivity index (χ1) is 10.7. The topological polar surface area (TPSA) is 39.5 Å². The second kappa shape index (κ2) is 5.62. The van der Waals surface area contributed by atoms with E-state index in [9.17, 15) is 0 Å². The second-order valence-corrected chi connectivity index (χ2v) is 7.58. The fourth-order valence-corrected chi connectivity index (χ4v) is 2.69. The van der Waals surface area contributed by atoms with Crippen molar-refractivity contribution in [3.63, 3.8) is 0 Å².